The van der Waals surface area contributed by atoms with Gasteiger partial charge in [0, 0.05) is 9.13 Å². The number of aliphatic hydroxyl groups excluding tert-OH is 5. The van der Waals surface area contributed by atoms with E-state index in [-0.39, 0.29) is 0 Å². The molecule has 0 bridgehead atoms. The molecule has 0 amide bonds. The number of hydrogen-bond acceptors (Lipinski definition) is 9. The van der Waals surface area contributed by atoms with Gasteiger partial charge in [0.15, 0.2) is 10.1 Å². The van der Waals surface area contributed by atoms with E-state index in [4.69, 9.17) is 35.3 Å². The van der Waals surface area contributed by atoms with Crippen molar-refractivity contribution in [3.8, 4) is 0 Å². The van der Waals surface area contributed by atoms with Crippen LogP contribution in [0, 0.1) is 0 Å². The SMILES string of the molecule is O=C(CO)C(O)C(O)C(O)CO.O=[P+](O)O[P+](=O)O. The maximum absolute atomic E-state index is 10.5. The normalized spacial score (nSPS) is 16.6. The van der Waals surface area contributed by atoms with E-state index < -0.39 is 53.8 Å². The van der Waals surface area contributed by atoms with Crippen molar-refractivity contribution < 1.29 is 53.6 Å². The average Bonchev–Trinajstić information content (AvgIpc) is 2.34. The summed E-state index contributed by atoms with van der Waals surface area (Å²) in [6.07, 6.45) is -5.22. The first-order valence-corrected chi connectivity index (χ1v) is 6.72. The number of ketones is 1. The van der Waals surface area contributed by atoms with Crippen LogP contribution >= 0.6 is 16.5 Å². The molecule has 0 radical (unpaired) electrons. The summed E-state index contributed by atoms with van der Waals surface area (Å²) in [5.74, 6) is -1.00. The summed E-state index contributed by atoms with van der Waals surface area (Å²) in [5, 5.41) is 43.1. The van der Waals surface area contributed by atoms with Gasteiger partial charge in [0.1, 0.15) is 24.9 Å². The van der Waals surface area contributed by atoms with Gasteiger partial charge in [0.25, 0.3) is 0 Å². The minimum absolute atomic E-state index is 0.767. The first-order chi connectivity index (χ1) is 8.67. The molecule has 0 aromatic rings. The summed E-state index contributed by atoms with van der Waals surface area (Å²) in [5.41, 5.74) is 0. The lowest BCUT2D eigenvalue weighted by Crippen LogP contribution is -2.44. The molecule has 5 atom stereocenters. The lowest BCUT2D eigenvalue weighted by molar-refractivity contribution is -0.142. The van der Waals surface area contributed by atoms with E-state index in [1.54, 1.807) is 0 Å². The molecule has 0 rings (SSSR count). The predicted molar refractivity (Wildman–Crippen MR) is 57.9 cm³/mol. The molecule has 13 heteroatoms. The third-order valence-corrected chi connectivity index (χ3v) is 2.65. The van der Waals surface area contributed by atoms with Gasteiger partial charge in [0.05, 0.1) is 6.61 Å². The minimum atomic E-state index is -2.92. The van der Waals surface area contributed by atoms with Crippen molar-refractivity contribution in [2.45, 2.75) is 18.3 Å². The Morgan fingerprint density at radius 1 is 1.05 bits per heavy atom. The molecule has 0 fully saturated rings. The molecule has 0 saturated carbocycles. The van der Waals surface area contributed by atoms with Gasteiger partial charge in [-0.3, -0.25) is 4.79 Å². The Kier molecular flexibility index (Phi) is 12.5. The number of Topliss-reactive ketones (excluding diaryl/α,β-unsaturated/α-hetero) is 1. The number of rotatable bonds is 7. The first-order valence-electron chi connectivity index (χ1n) is 4.46. The number of aliphatic hydroxyl groups is 5. The minimum Gasteiger partial charge on any atom is -0.394 e. The van der Waals surface area contributed by atoms with E-state index in [1.165, 1.54) is 0 Å². The fourth-order valence-electron chi connectivity index (χ4n) is 0.662. The molecule has 0 heterocycles. The second-order valence-electron chi connectivity index (χ2n) is 2.87. The van der Waals surface area contributed by atoms with Gasteiger partial charge in [0.2, 0.25) is 0 Å². The van der Waals surface area contributed by atoms with E-state index in [9.17, 15) is 13.9 Å². The Morgan fingerprint density at radius 3 is 1.68 bits per heavy atom. The quantitative estimate of drug-likeness (QED) is 0.234. The monoisotopic (exact) mass is 324 g/mol. The van der Waals surface area contributed by atoms with Gasteiger partial charge in [-0.05, 0) is 0 Å². The third-order valence-electron chi connectivity index (χ3n) is 1.53. The highest BCUT2D eigenvalue weighted by Gasteiger charge is 2.31. The van der Waals surface area contributed by atoms with Gasteiger partial charge in [-0.25, -0.2) is 0 Å². The first kappa shape index (κ1) is 20.9. The summed E-state index contributed by atoms with van der Waals surface area (Å²) < 4.78 is 22.2. The lowest BCUT2D eigenvalue weighted by atomic mass is 10.1. The molecule has 0 aliphatic rings. The van der Waals surface area contributed by atoms with Gasteiger partial charge in [-0.2, -0.15) is 0 Å². The topological polar surface area (TPSA) is 202 Å². The Morgan fingerprint density at radius 2 is 1.47 bits per heavy atom. The van der Waals surface area contributed by atoms with Crippen molar-refractivity contribution >= 4 is 22.3 Å². The molecule has 19 heavy (non-hydrogen) atoms. The highest BCUT2D eigenvalue weighted by molar-refractivity contribution is 7.46. The third kappa shape index (κ3) is 11.1. The maximum Gasteiger partial charge on any atom is 0.745 e. The van der Waals surface area contributed by atoms with Crippen LogP contribution < -0.4 is 0 Å². The van der Waals surface area contributed by atoms with Crippen LogP contribution in [0.15, 0.2) is 0 Å². The molecule has 5 unspecified atom stereocenters. The predicted octanol–water partition coefficient (Wildman–Crippen LogP) is -3.07. The van der Waals surface area contributed by atoms with Crippen molar-refractivity contribution in [3.63, 3.8) is 0 Å². The second-order valence-corrected chi connectivity index (χ2v) is 4.47. The Labute approximate surface area is 108 Å². The zero-order chi connectivity index (χ0) is 15.6. The second kappa shape index (κ2) is 11.4. The molecular formula is C6H14O11P2+2. The van der Waals surface area contributed by atoms with E-state index in [1.807, 2.05) is 0 Å². The number of carbonyl (C=O) groups excluding carboxylic acids is 1. The van der Waals surface area contributed by atoms with Gasteiger partial charge < -0.3 is 25.5 Å². The summed E-state index contributed by atoms with van der Waals surface area (Å²) in [6, 6.07) is 0. The van der Waals surface area contributed by atoms with Gasteiger partial charge >= 0.3 is 16.5 Å². The van der Waals surface area contributed by atoms with Gasteiger partial charge in [-0.15, -0.1) is 9.79 Å². The van der Waals surface area contributed by atoms with Crippen LogP contribution in [0.4, 0.5) is 0 Å². The van der Waals surface area contributed by atoms with E-state index in [0.717, 1.165) is 0 Å². The molecule has 0 saturated heterocycles. The summed E-state index contributed by atoms with van der Waals surface area (Å²) in [4.78, 5) is 25.9. The van der Waals surface area contributed by atoms with Crippen molar-refractivity contribution in [2.24, 2.45) is 0 Å². The van der Waals surface area contributed by atoms with Crippen molar-refractivity contribution in [1.29, 1.82) is 0 Å². The molecule has 112 valence electrons. The zero-order valence-corrected chi connectivity index (χ0v) is 11.1. The molecule has 0 aliphatic carbocycles. The zero-order valence-electron chi connectivity index (χ0n) is 9.30. The molecule has 0 aromatic carbocycles. The van der Waals surface area contributed by atoms with E-state index >= 15 is 0 Å². The van der Waals surface area contributed by atoms with Crippen LogP contribution in [-0.2, 0) is 18.2 Å². The Hall–Kier alpha value is -0.450. The molecule has 0 aliphatic heterocycles. The van der Waals surface area contributed by atoms with Crippen LogP contribution in [0.3, 0.4) is 0 Å². The fourth-order valence-corrected chi connectivity index (χ4v) is 1.14. The average molecular weight is 324 g/mol. The fraction of sp³-hybridized carbons (Fsp3) is 0.833. The summed E-state index contributed by atoms with van der Waals surface area (Å²) in [7, 11) is -5.85. The summed E-state index contributed by atoms with van der Waals surface area (Å²) in [6.45, 7) is -1.69. The highest BCUT2D eigenvalue weighted by atomic mass is 31.2. The summed E-state index contributed by atoms with van der Waals surface area (Å²) >= 11 is 0. The molecule has 0 spiro atoms. The van der Waals surface area contributed by atoms with E-state index in [2.05, 4.69) is 4.31 Å². The van der Waals surface area contributed by atoms with Crippen LogP contribution in [0.25, 0.3) is 0 Å². The van der Waals surface area contributed by atoms with Crippen molar-refractivity contribution in [1.82, 2.24) is 0 Å². The van der Waals surface area contributed by atoms with Crippen LogP contribution in [-0.4, -0.2) is 72.6 Å². The van der Waals surface area contributed by atoms with Gasteiger partial charge in [-0.1, -0.05) is 0 Å². The van der Waals surface area contributed by atoms with Crippen LogP contribution in [0.5, 0.6) is 0 Å². The largest absolute Gasteiger partial charge is 0.745 e. The molecule has 11 nitrogen and oxygen atoms in total. The van der Waals surface area contributed by atoms with Crippen molar-refractivity contribution in [3.05, 3.63) is 0 Å². The number of carbonyl (C=O) groups is 1. The molecule has 7 N–H and O–H groups in total. The van der Waals surface area contributed by atoms with Crippen LogP contribution in [0.1, 0.15) is 0 Å². The Bertz CT molecular complexity index is 296. The lowest BCUT2D eigenvalue weighted by Gasteiger charge is -2.19. The Balaban J connectivity index is 0. The highest BCUT2D eigenvalue weighted by Crippen LogP contribution is 2.30. The van der Waals surface area contributed by atoms with E-state index in [0.29, 0.717) is 0 Å². The molecule has 0 aromatic heterocycles. The van der Waals surface area contributed by atoms with Crippen molar-refractivity contribution in [2.75, 3.05) is 13.2 Å². The molecular weight excluding hydrogens is 310 g/mol. The number of hydrogen-bond donors (Lipinski definition) is 7. The smallest absolute Gasteiger partial charge is 0.394 e. The maximum atomic E-state index is 10.5. The standard InChI is InChI=1S/C6H12O6.O5P2/c7-1-3(9)5(11)6(12)4(10)2-8;1-6(2)5-7(3)4/h3,5-9,11-12H,1-2H2;/p+2. The van der Waals surface area contributed by atoms with Crippen LogP contribution in [0.2, 0.25) is 0 Å².